The van der Waals surface area contributed by atoms with E-state index in [0.29, 0.717) is 50.5 Å². The van der Waals surface area contributed by atoms with Gasteiger partial charge in [0.2, 0.25) is 5.91 Å². The van der Waals surface area contributed by atoms with Crippen LogP contribution in [0.25, 0.3) is 0 Å². The van der Waals surface area contributed by atoms with Gasteiger partial charge in [-0.05, 0) is 49.1 Å². The Morgan fingerprint density at radius 3 is 2.41 bits per heavy atom. The highest BCUT2D eigenvalue weighted by molar-refractivity contribution is 5.77. The quantitative estimate of drug-likeness (QED) is 0.553. The number of carbonyl (C=O) groups is 1. The van der Waals surface area contributed by atoms with Gasteiger partial charge < -0.3 is 9.80 Å². The van der Waals surface area contributed by atoms with Gasteiger partial charge in [-0.3, -0.25) is 14.9 Å². The van der Waals surface area contributed by atoms with Gasteiger partial charge in [0.1, 0.15) is 5.69 Å². The number of fused-ring (bicyclic) bond motifs is 2. The summed E-state index contributed by atoms with van der Waals surface area (Å²) in [6.07, 6.45) is 0.862. The fourth-order valence-corrected chi connectivity index (χ4v) is 5.29. The summed E-state index contributed by atoms with van der Waals surface area (Å²) in [6, 6.07) is 2.62. The van der Waals surface area contributed by atoms with Gasteiger partial charge in [-0.1, -0.05) is 6.42 Å². The molecule has 2 aliphatic carbocycles. The number of alkyl halides is 3. The summed E-state index contributed by atoms with van der Waals surface area (Å²) >= 11 is 0. The predicted molar refractivity (Wildman–Crippen MR) is 100 cm³/mol. The average Bonchev–Trinajstić information content (AvgIpc) is 3.30. The van der Waals surface area contributed by atoms with Crippen molar-refractivity contribution in [3.8, 4) is 0 Å². The SMILES string of the molecule is O=C(C[C@@H]1C[C@@H]2CC[C@@H]1C2)N1CCN(c2ccc(C(F)(F)F)cc2[N+](=O)[O-])CC1. The van der Waals surface area contributed by atoms with Crippen LogP contribution in [0.3, 0.4) is 0 Å². The lowest BCUT2D eigenvalue weighted by Crippen LogP contribution is -2.49. The van der Waals surface area contributed by atoms with E-state index in [1.807, 2.05) is 0 Å². The van der Waals surface area contributed by atoms with E-state index in [2.05, 4.69) is 0 Å². The van der Waals surface area contributed by atoms with Crippen molar-refractivity contribution in [2.75, 3.05) is 31.1 Å². The Labute approximate surface area is 166 Å². The highest BCUT2D eigenvalue weighted by Gasteiger charge is 2.41. The maximum absolute atomic E-state index is 12.9. The van der Waals surface area contributed by atoms with Gasteiger partial charge in [-0.15, -0.1) is 0 Å². The molecule has 2 saturated carbocycles. The lowest BCUT2D eigenvalue weighted by molar-refractivity contribution is -0.384. The minimum absolute atomic E-state index is 0.129. The van der Waals surface area contributed by atoms with Crippen molar-refractivity contribution in [3.05, 3.63) is 33.9 Å². The van der Waals surface area contributed by atoms with E-state index in [1.54, 1.807) is 9.80 Å². The Morgan fingerprint density at radius 2 is 1.86 bits per heavy atom. The van der Waals surface area contributed by atoms with Crippen LogP contribution in [-0.4, -0.2) is 41.9 Å². The molecule has 0 radical (unpaired) electrons. The van der Waals surface area contributed by atoms with Crippen LogP contribution in [0.15, 0.2) is 18.2 Å². The minimum Gasteiger partial charge on any atom is -0.362 e. The van der Waals surface area contributed by atoms with Gasteiger partial charge >= 0.3 is 6.18 Å². The van der Waals surface area contributed by atoms with E-state index < -0.39 is 22.4 Å². The number of benzene rings is 1. The molecular weight excluding hydrogens is 387 g/mol. The zero-order valence-electron chi connectivity index (χ0n) is 16.0. The van der Waals surface area contributed by atoms with Crippen LogP contribution in [0.4, 0.5) is 24.5 Å². The number of piperazine rings is 1. The first-order chi connectivity index (χ1) is 13.7. The number of anilines is 1. The molecular formula is C20H24F3N3O3. The molecule has 3 fully saturated rings. The summed E-state index contributed by atoms with van der Waals surface area (Å²) in [4.78, 5) is 26.7. The highest BCUT2D eigenvalue weighted by atomic mass is 19.4. The fraction of sp³-hybridized carbons (Fsp3) is 0.650. The lowest BCUT2D eigenvalue weighted by Gasteiger charge is -2.36. The Bertz CT molecular complexity index is 806. The number of rotatable bonds is 4. The van der Waals surface area contributed by atoms with Crippen LogP contribution in [0.2, 0.25) is 0 Å². The number of amides is 1. The molecule has 29 heavy (non-hydrogen) atoms. The first-order valence-electron chi connectivity index (χ1n) is 10.1. The Kier molecular flexibility index (Phi) is 5.16. The molecule has 0 aromatic heterocycles. The molecule has 2 bridgehead atoms. The zero-order valence-corrected chi connectivity index (χ0v) is 16.0. The average molecular weight is 411 g/mol. The van der Waals surface area contributed by atoms with Crippen molar-refractivity contribution in [3.63, 3.8) is 0 Å². The Morgan fingerprint density at radius 1 is 1.14 bits per heavy atom. The van der Waals surface area contributed by atoms with Crippen molar-refractivity contribution < 1.29 is 22.9 Å². The molecule has 0 spiro atoms. The van der Waals surface area contributed by atoms with Crippen molar-refractivity contribution in [1.82, 2.24) is 4.90 Å². The van der Waals surface area contributed by atoms with Crippen molar-refractivity contribution in [2.45, 2.75) is 38.3 Å². The number of nitro benzene ring substituents is 1. The number of hydrogen-bond donors (Lipinski definition) is 0. The third-order valence-corrected chi connectivity index (χ3v) is 6.79. The van der Waals surface area contributed by atoms with Gasteiger partial charge in [-0.2, -0.15) is 13.2 Å². The van der Waals surface area contributed by atoms with Crippen LogP contribution in [0.5, 0.6) is 0 Å². The molecule has 1 aromatic carbocycles. The van der Waals surface area contributed by atoms with Crippen LogP contribution in [-0.2, 0) is 11.0 Å². The summed E-state index contributed by atoms with van der Waals surface area (Å²) in [5.41, 5.74) is -1.42. The number of carbonyl (C=O) groups excluding carboxylic acids is 1. The second kappa shape index (κ2) is 7.50. The summed E-state index contributed by atoms with van der Waals surface area (Å²) in [5.74, 6) is 2.08. The van der Waals surface area contributed by atoms with Crippen LogP contribution in [0.1, 0.15) is 37.7 Å². The Balaban J connectivity index is 1.39. The highest BCUT2D eigenvalue weighted by Crippen LogP contribution is 2.49. The largest absolute Gasteiger partial charge is 0.416 e. The van der Waals surface area contributed by atoms with Crippen LogP contribution < -0.4 is 4.90 Å². The van der Waals surface area contributed by atoms with Gasteiger partial charge in [0.05, 0.1) is 10.5 Å². The molecule has 9 heteroatoms. The third kappa shape index (κ3) is 4.04. The topological polar surface area (TPSA) is 66.7 Å². The molecule has 1 saturated heterocycles. The fourth-order valence-electron chi connectivity index (χ4n) is 5.29. The molecule has 3 atom stereocenters. The maximum Gasteiger partial charge on any atom is 0.416 e. The van der Waals surface area contributed by atoms with Gasteiger partial charge in [0.15, 0.2) is 0 Å². The van der Waals surface area contributed by atoms with Gasteiger partial charge in [0.25, 0.3) is 5.69 Å². The second-order valence-corrected chi connectivity index (χ2v) is 8.47. The molecule has 6 nitrogen and oxygen atoms in total. The standard InChI is InChI=1S/C20H24F3N3O3/c21-20(22,23)16-3-4-17(18(12-16)26(28)29)24-5-7-25(8-6-24)19(27)11-15-10-13-1-2-14(15)9-13/h3-4,12-15H,1-2,5-11H2/t13-,14-,15+/m1/s1. The first kappa shape index (κ1) is 20.0. The smallest absolute Gasteiger partial charge is 0.362 e. The molecule has 3 aliphatic rings. The van der Waals surface area contributed by atoms with E-state index in [4.69, 9.17) is 0 Å². The molecule has 0 unspecified atom stereocenters. The van der Waals surface area contributed by atoms with E-state index >= 15 is 0 Å². The molecule has 1 heterocycles. The summed E-state index contributed by atoms with van der Waals surface area (Å²) in [7, 11) is 0. The predicted octanol–water partition coefficient (Wildman–Crippen LogP) is 4.09. The summed E-state index contributed by atoms with van der Waals surface area (Å²) in [5, 5.41) is 11.3. The molecule has 1 aromatic rings. The van der Waals surface area contributed by atoms with Crippen LogP contribution >= 0.6 is 0 Å². The van der Waals surface area contributed by atoms with Gasteiger partial charge in [-0.25, -0.2) is 0 Å². The van der Waals surface area contributed by atoms with Gasteiger partial charge in [0, 0.05) is 38.7 Å². The third-order valence-electron chi connectivity index (χ3n) is 6.79. The normalized spacial score (nSPS) is 26.8. The zero-order chi connectivity index (χ0) is 20.8. The van der Waals surface area contributed by atoms with Crippen molar-refractivity contribution >= 4 is 17.3 Å². The summed E-state index contributed by atoms with van der Waals surface area (Å²) < 4.78 is 38.7. The molecule has 1 aliphatic heterocycles. The molecule has 0 N–H and O–H groups in total. The number of nitrogens with zero attached hydrogens (tertiary/aromatic N) is 3. The Hall–Kier alpha value is -2.32. The monoisotopic (exact) mass is 411 g/mol. The molecule has 4 rings (SSSR count). The van der Waals surface area contributed by atoms with E-state index in [9.17, 15) is 28.1 Å². The summed E-state index contributed by atoms with van der Waals surface area (Å²) in [6.45, 7) is 1.60. The number of hydrogen-bond acceptors (Lipinski definition) is 4. The second-order valence-electron chi connectivity index (χ2n) is 8.47. The molecule has 158 valence electrons. The van der Waals surface area contributed by atoms with Crippen LogP contribution in [0, 0.1) is 27.9 Å². The minimum atomic E-state index is -4.63. The number of halogens is 3. The van der Waals surface area contributed by atoms with E-state index in [0.717, 1.165) is 24.5 Å². The van der Waals surface area contributed by atoms with Crippen molar-refractivity contribution in [1.29, 1.82) is 0 Å². The molecule has 1 amide bonds. The number of nitro groups is 1. The lowest BCUT2D eigenvalue weighted by atomic mass is 9.86. The first-order valence-corrected chi connectivity index (χ1v) is 10.1. The van der Waals surface area contributed by atoms with E-state index in [-0.39, 0.29) is 11.6 Å². The van der Waals surface area contributed by atoms with E-state index in [1.165, 1.54) is 19.3 Å². The van der Waals surface area contributed by atoms with Crippen molar-refractivity contribution in [2.24, 2.45) is 17.8 Å². The maximum atomic E-state index is 12.9.